The fourth-order valence-corrected chi connectivity index (χ4v) is 2.03. The predicted octanol–water partition coefficient (Wildman–Crippen LogP) is -0.200. The molecule has 2 unspecified atom stereocenters. The lowest BCUT2D eigenvalue weighted by molar-refractivity contribution is -0.154. The Bertz CT molecular complexity index is 482. The molecule has 0 aliphatic carbocycles. The Labute approximate surface area is 103 Å². The molecular weight excluding hydrogens is 238 g/mol. The number of carbonyl (C=O) groups excluding carboxylic acids is 2. The summed E-state index contributed by atoms with van der Waals surface area (Å²) in [5, 5.41) is 9.17. The van der Waals surface area contributed by atoms with Crippen molar-refractivity contribution in [3.63, 3.8) is 0 Å². The van der Waals surface area contributed by atoms with Gasteiger partial charge >= 0.3 is 5.97 Å². The summed E-state index contributed by atoms with van der Waals surface area (Å²) < 4.78 is 0. The van der Waals surface area contributed by atoms with E-state index >= 15 is 0 Å². The van der Waals surface area contributed by atoms with E-state index < -0.39 is 29.7 Å². The number of aromatic nitrogens is 2. The molecule has 7 nitrogen and oxygen atoms in total. The maximum atomic E-state index is 11.8. The highest BCUT2D eigenvalue weighted by molar-refractivity contribution is 6.06. The van der Waals surface area contributed by atoms with Gasteiger partial charge in [-0.3, -0.25) is 14.5 Å². The number of H-pyrrole nitrogens is 1. The number of nitrogens with zero attached hydrogens (tertiary/aromatic N) is 2. The van der Waals surface area contributed by atoms with Crippen LogP contribution in [0.2, 0.25) is 0 Å². The van der Waals surface area contributed by atoms with Crippen LogP contribution in [0.5, 0.6) is 0 Å². The number of aliphatic carboxylic acids is 1. The Balaban J connectivity index is 2.23. The molecule has 0 bridgehead atoms. The first-order valence-corrected chi connectivity index (χ1v) is 5.56. The van der Waals surface area contributed by atoms with Crippen LogP contribution in [0, 0.1) is 5.92 Å². The van der Waals surface area contributed by atoms with Crippen LogP contribution >= 0.6 is 0 Å². The smallest absolute Gasteiger partial charge is 0.327 e. The van der Waals surface area contributed by atoms with Crippen LogP contribution in [0.3, 0.4) is 0 Å². The Morgan fingerprint density at radius 3 is 2.83 bits per heavy atom. The number of carboxylic acid groups (broad SMARTS) is 1. The highest BCUT2D eigenvalue weighted by atomic mass is 16.4. The Hall–Kier alpha value is -2.18. The van der Waals surface area contributed by atoms with E-state index in [1.165, 1.54) is 12.5 Å². The van der Waals surface area contributed by atoms with Gasteiger partial charge in [0.05, 0.1) is 6.33 Å². The van der Waals surface area contributed by atoms with E-state index in [0.717, 1.165) is 4.90 Å². The molecule has 2 atom stereocenters. The summed E-state index contributed by atoms with van der Waals surface area (Å²) in [6.07, 6.45) is 3.01. The van der Waals surface area contributed by atoms with Crippen molar-refractivity contribution in [1.82, 2.24) is 14.9 Å². The lowest BCUT2D eigenvalue weighted by Crippen LogP contribution is -2.46. The van der Waals surface area contributed by atoms with Gasteiger partial charge < -0.3 is 10.1 Å². The van der Waals surface area contributed by atoms with Crippen molar-refractivity contribution in [2.24, 2.45) is 5.92 Å². The first-order chi connectivity index (χ1) is 8.50. The quantitative estimate of drug-likeness (QED) is 0.721. The van der Waals surface area contributed by atoms with Gasteiger partial charge in [0.1, 0.15) is 6.04 Å². The molecule has 1 aliphatic rings. The Morgan fingerprint density at radius 2 is 2.39 bits per heavy atom. The number of carbonyl (C=O) groups is 3. The van der Waals surface area contributed by atoms with Gasteiger partial charge in [0.2, 0.25) is 11.8 Å². The van der Waals surface area contributed by atoms with Gasteiger partial charge in [0.25, 0.3) is 0 Å². The van der Waals surface area contributed by atoms with E-state index in [-0.39, 0.29) is 12.8 Å². The van der Waals surface area contributed by atoms with Gasteiger partial charge in [-0.25, -0.2) is 9.78 Å². The molecule has 7 heteroatoms. The Morgan fingerprint density at radius 1 is 1.67 bits per heavy atom. The van der Waals surface area contributed by atoms with Gasteiger partial charge in [-0.1, -0.05) is 6.92 Å². The number of aromatic amines is 1. The molecular formula is C11H13N3O4. The highest BCUT2D eigenvalue weighted by Crippen LogP contribution is 2.22. The van der Waals surface area contributed by atoms with E-state index in [1.807, 2.05) is 0 Å². The molecule has 2 rings (SSSR count). The molecule has 0 radical (unpaired) electrons. The molecule has 0 aromatic carbocycles. The minimum Gasteiger partial charge on any atom is -0.480 e. The second kappa shape index (κ2) is 4.59. The third-order valence-corrected chi connectivity index (χ3v) is 2.97. The van der Waals surface area contributed by atoms with E-state index in [1.54, 1.807) is 6.92 Å². The highest BCUT2D eigenvalue weighted by Gasteiger charge is 2.42. The fourth-order valence-electron chi connectivity index (χ4n) is 2.03. The number of nitrogens with one attached hydrogen (secondary N) is 1. The standard InChI is InChI=1S/C11H13N3O4/c1-6-2-9(15)14(10(6)16)8(11(17)18)3-7-4-12-5-13-7/h4-6,8H,2-3H2,1H3,(H,12,13)(H,17,18). The second-order valence-corrected chi connectivity index (χ2v) is 4.34. The number of imidazole rings is 1. The molecule has 2 heterocycles. The van der Waals surface area contributed by atoms with Crippen LogP contribution in [0.15, 0.2) is 12.5 Å². The molecule has 1 aromatic rings. The summed E-state index contributed by atoms with van der Waals surface area (Å²) >= 11 is 0. The summed E-state index contributed by atoms with van der Waals surface area (Å²) in [4.78, 5) is 42.1. The number of carboxylic acids is 1. The predicted molar refractivity (Wildman–Crippen MR) is 59.3 cm³/mol. The molecule has 1 saturated heterocycles. The van der Waals surface area contributed by atoms with Gasteiger partial charge in [-0.2, -0.15) is 0 Å². The van der Waals surface area contributed by atoms with Crippen LogP contribution in [0.4, 0.5) is 0 Å². The minimum absolute atomic E-state index is 0.0412. The van der Waals surface area contributed by atoms with Gasteiger partial charge in [-0.15, -0.1) is 0 Å². The van der Waals surface area contributed by atoms with Crippen molar-refractivity contribution in [3.05, 3.63) is 18.2 Å². The molecule has 1 fully saturated rings. The zero-order valence-corrected chi connectivity index (χ0v) is 9.79. The fraction of sp³-hybridized carbons (Fsp3) is 0.455. The lowest BCUT2D eigenvalue weighted by Gasteiger charge is -2.22. The van der Waals surface area contributed by atoms with Crippen molar-refractivity contribution in [3.8, 4) is 0 Å². The number of hydrogen-bond acceptors (Lipinski definition) is 4. The van der Waals surface area contributed by atoms with Crippen LogP contribution < -0.4 is 0 Å². The van der Waals surface area contributed by atoms with Gasteiger partial charge in [0.15, 0.2) is 0 Å². The average molecular weight is 251 g/mol. The zero-order valence-electron chi connectivity index (χ0n) is 9.79. The summed E-state index contributed by atoms with van der Waals surface area (Å²) in [5.41, 5.74) is 0.572. The monoisotopic (exact) mass is 251 g/mol. The maximum Gasteiger partial charge on any atom is 0.327 e. The van der Waals surface area contributed by atoms with Gasteiger partial charge in [0, 0.05) is 30.7 Å². The largest absolute Gasteiger partial charge is 0.480 e. The first-order valence-electron chi connectivity index (χ1n) is 5.56. The summed E-state index contributed by atoms with van der Waals surface area (Å²) in [5.74, 6) is -2.49. The molecule has 0 saturated carbocycles. The second-order valence-electron chi connectivity index (χ2n) is 4.34. The van der Waals surface area contributed by atoms with Crippen molar-refractivity contribution in [2.45, 2.75) is 25.8 Å². The number of likely N-dealkylation sites (tertiary alicyclic amines) is 1. The van der Waals surface area contributed by atoms with Gasteiger partial charge in [-0.05, 0) is 0 Å². The molecule has 18 heavy (non-hydrogen) atoms. The van der Waals surface area contributed by atoms with Crippen molar-refractivity contribution < 1.29 is 19.5 Å². The van der Waals surface area contributed by atoms with E-state index in [9.17, 15) is 19.5 Å². The van der Waals surface area contributed by atoms with Crippen molar-refractivity contribution in [2.75, 3.05) is 0 Å². The molecule has 96 valence electrons. The molecule has 1 aromatic heterocycles. The van der Waals surface area contributed by atoms with E-state index in [0.29, 0.717) is 5.69 Å². The first kappa shape index (κ1) is 12.3. The molecule has 2 amide bonds. The summed E-state index contributed by atoms with van der Waals surface area (Å²) in [6, 6.07) is -1.17. The maximum absolute atomic E-state index is 11.8. The number of rotatable bonds is 4. The molecule has 1 aliphatic heterocycles. The minimum atomic E-state index is -1.19. The third-order valence-electron chi connectivity index (χ3n) is 2.97. The van der Waals surface area contributed by atoms with E-state index in [2.05, 4.69) is 9.97 Å². The van der Waals surface area contributed by atoms with E-state index in [4.69, 9.17) is 0 Å². The zero-order chi connectivity index (χ0) is 13.3. The van der Waals surface area contributed by atoms with Crippen LogP contribution in [-0.4, -0.2) is 43.8 Å². The topological polar surface area (TPSA) is 103 Å². The van der Waals surface area contributed by atoms with Crippen LogP contribution in [0.1, 0.15) is 19.0 Å². The molecule has 2 N–H and O–H groups in total. The SMILES string of the molecule is CC1CC(=O)N(C(Cc2cnc[nH]2)C(=O)O)C1=O. The number of hydrogen-bond donors (Lipinski definition) is 2. The molecule has 0 spiro atoms. The van der Waals surface area contributed by atoms with Crippen molar-refractivity contribution in [1.29, 1.82) is 0 Å². The third kappa shape index (κ3) is 2.11. The number of amides is 2. The summed E-state index contributed by atoms with van der Waals surface area (Å²) in [7, 11) is 0. The normalized spacial score (nSPS) is 21.4. The number of imide groups is 1. The van der Waals surface area contributed by atoms with Crippen molar-refractivity contribution >= 4 is 17.8 Å². The lowest BCUT2D eigenvalue weighted by atomic mass is 10.1. The van der Waals surface area contributed by atoms with Crippen LogP contribution in [-0.2, 0) is 20.8 Å². The van der Waals surface area contributed by atoms with Crippen LogP contribution in [0.25, 0.3) is 0 Å². The summed E-state index contributed by atoms with van der Waals surface area (Å²) in [6.45, 7) is 1.62. The Kier molecular flexibility index (Phi) is 3.14. The average Bonchev–Trinajstić information content (AvgIpc) is 2.87.